The molecule has 1 saturated carbocycles. The number of benzene rings is 2. The van der Waals surface area contributed by atoms with E-state index in [-0.39, 0.29) is 28.5 Å². The van der Waals surface area contributed by atoms with Crippen LogP contribution >= 0.6 is 22.9 Å². The number of ether oxygens (including phenoxy) is 2. The van der Waals surface area contributed by atoms with Crippen LogP contribution in [0, 0.1) is 5.82 Å². The molecule has 1 aromatic heterocycles. The van der Waals surface area contributed by atoms with Gasteiger partial charge in [0.1, 0.15) is 5.82 Å². The average Bonchev–Trinajstić information content (AvgIpc) is 3.16. The van der Waals surface area contributed by atoms with Gasteiger partial charge in [-0.15, -0.1) is 8.78 Å². The second-order valence-electron chi connectivity index (χ2n) is 9.44. The first-order chi connectivity index (χ1) is 17.6. The van der Waals surface area contributed by atoms with Crippen LogP contribution in [0.2, 0.25) is 5.02 Å². The predicted octanol–water partition coefficient (Wildman–Crippen LogP) is 5.08. The molecule has 0 bridgehead atoms. The van der Waals surface area contributed by atoms with Crippen LogP contribution in [0.25, 0.3) is 0 Å². The van der Waals surface area contributed by atoms with E-state index < -0.39 is 23.6 Å². The lowest BCUT2D eigenvalue weighted by molar-refractivity contribution is -0.286. The van der Waals surface area contributed by atoms with Crippen molar-refractivity contribution in [3.63, 3.8) is 0 Å². The highest BCUT2D eigenvalue weighted by molar-refractivity contribution is 7.15. The summed E-state index contributed by atoms with van der Waals surface area (Å²) in [5.74, 6) is -0.933. The number of β-amino-alcohol motifs (C(OH)–C–C–N with tert-alkyl or cyclic N) is 1. The van der Waals surface area contributed by atoms with E-state index in [0.29, 0.717) is 48.6 Å². The summed E-state index contributed by atoms with van der Waals surface area (Å²) in [6.07, 6.45) is -0.879. The molecule has 12 heteroatoms. The highest BCUT2D eigenvalue weighted by Crippen LogP contribution is 2.52. The molecular weight excluding hydrogens is 531 g/mol. The number of hydrogen-bond donors (Lipinski definition) is 2. The zero-order valence-corrected chi connectivity index (χ0v) is 20.8. The van der Waals surface area contributed by atoms with Gasteiger partial charge in [-0.3, -0.25) is 9.69 Å². The maximum Gasteiger partial charge on any atom is 0.586 e. The predicted molar refractivity (Wildman–Crippen MR) is 130 cm³/mol. The summed E-state index contributed by atoms with van der Waals surface area (Å²) in [6, 6.07) is 8.21. The molecule has 2 aliphatic heterocycles. The highest BCUT2D eigenvalue weighted by atomic mass is 35.5. The van der Waals surface area contributed by atoms with Gasteiger partial charge in [0, 0.05) is 29.2 Å². The summed E-state index contributed by atoms with van der Waals surface area (Å²) in [4.78, 5) is 20.5. The van der Waals surface area contributed by atoms with Crippen molar-refractivity contribution < 1.29 is 32.5 Å². The quantitative estimate of drug-likeness (QED) is 0.444. The molecule has 1 amide bonds. The van der Waals surface area contributed by atoms with Crippen molar-refractivity contribution in [1.29, 1.82) is 0 Å². The molecule has 3 aliphatic rings. The van der Waals surface area contributed by atoms with Gasteiger partial charge in [-0.1, -0.05) is 35.1 Å². The van der Waals surface area contributed by atoms with Crippen LogP contribution in [-0.2, 0) is 10.2 Å². The van der Waals surface area contributed by atoms with E-state index in [4.69, 9.17) is 11.6 Å². The minimum absolute atomic E-state index is 0.0768. The lowest BCUT2D eigenvalue weighted by Crippen LogP contribution is -2.28. The zero-order valence-electron chi connectivity index (χ0n) is 19.2. The third-order valence-corrected chi connectivity index (χ3v) is 8.26. The number of amides is 1. The molecule has 3 heterocycles. The van der Waals surface area contributed by atoms with Crippen LogP contribution in [0.1, 0.15) is 41.3 Å². The monoisotopic (exact) mass is 551 g/mol. The number of alkyl halides is 2. The van der Waals surface area contributed by atoms with Crippen LogP contribution in [0.15, 0.2) is 42.6 Å². The summed E-state index contributed by atoms with van der Waals surface area (Å²) >= 11 is 7.65. The number of anilines is 1. The summed E-state index contributed by atoms with van der Waals surface area (Å²) in [7, 11) is 0. The summed E-state index contributed by atoms with van der Waals surface area (Å²) in [5.41, 5.74) is 0.360. The summed E-state index contributed by atoms with van der Waals surface area (Å²) in [5, 5.41) is 13.6. The maximum atomic E-state index is 13.7. The van der Waals surface area contributed by atoms with Crippen molar-refractivity contribution in [2.45, 2.75) is 43.1 Å². The van der Waals surface area contributed by atoms with Gasteiger partial charge in [0.25, 0.3) is 0 Å². The smallest absolute Gasteiger partial charge is 0.395 e. The molecule has 0 unspecified atom stereocenters. The molecule has 194 valence electrons. The number of aliphatic hydroxyl groups is 1. The Bertz CT molecular complexity index is 1380. The maximum absolute atomic E-state index is 13.7. The van der Waals surface area contributed by atoms with Gasteiger partial charge in [-0.25, -0.2) is 9.37 Å². The molecule has 0 radical (unpaired) electrons. The number of fused-ring (bicyclic) bond motifs is 1. The van der Waals surface area contributed by atoms with Crippen molar-refractivity contribution >= 4 is 34.0 Å². The number of nitrogens with one attached hydrogen (secondary N) is 1. The summed E-state index contributed by atoms with van der Waals surface area (Å²) in [6.45, 7) is 1.04. The number of carbonyl (C=O) groups excluding carboxylic acids is 1. The van der Waals surface area contributed by atoms with Crippen LogP contribution in [0.4, 0.5) is 18.3 Å². The molecular formula is C25H21ClF3N3O4S. The molecule has 1 aliphatic carbocycles. The minimum atomic E-state index is -3.73. The molecule has 3 aromatic rings. The van der Waals surface area contributed by atoms with Crippen molar-refractivity contribution in [2.75, 3.05) is 18.4 Å². The van der Waals surface area contributed by atoms with E-state index >= 15 is 0 Å². The van der Waals surface area contributed by atoms with Gasteiger partial charge < -0.3 is 19.9 Å². The zero-order chi connectivity index (χ0) is 25.9. The number of carbonyl (C=O) groups is 1. The van der Waals surface area contributed by atoms with Gasteiger partial charge in [0.2, 0.25) is 5.91 Å². The lowest BCUT2D eigenvalue weighted by Gasteiger charge is -2.27. The molecule has 2 atom stereocenters. The first-order valence-electron chi connectivity index (χ1n) is 11.7. The Kier molecular flexibility index (Phi) is 5.86. The normalized spacial score (nSPS) is 22.1. The number of aliphatic hydroxyl groups excluding tert-OH is 1. The standard InChI is InChI=1S/C25H21ClF3N3O4S/c26-17-10-14(27)2-3-16(17)21(32-8-5-15(33)12-32)20-11-30-23(37-20)31-22(34)24(6-7-24)13-1-4-18-19(9-13)36-25(28,29)35-18/h1-4,9-11,15,21,33H,5-8,12H2,(H,30,31,34)/t15-,21+/m1/s1. The minimum Gasteiger partial charge on any atom is -0.395 e. The third kappa shape index (κ3) is 4.54. The number of thiazole rings is 1. The first kappa shape index (κ1) is 24.5. The fourth-order valence-electron chi connectivity index (χ4n) is 4.96. The molecule has 1 saturated heterocycles. The van der Waals surface area contributed by atoms with Gasteiger partial charge in [0.05, 0.1) is 17.6 Å². The van der Waals surface area contributed by atoms with Crippen LogP contribution in [-0.4, -0.2) is 46.4 Å². The van der Waals surface area contributed by atoms with Gasteiger partial charge in [0.15, 0.2) is 16.6 Å². The number of halogens is 4. The molecule has 37 heavy (non-hydrogen) atoms. The Morgan fingerprint density at radius 1 is 1.22 bits per heavy atom. The Morgan fingerprint density at radius 3 is 2.70 bits per heavy atom. The lowest BCUT2D eigenvalue weighted by atomic mass is 9.94. The Labute approximate surface area is 218 Å². The second-order valence-corrected chi connectivity index (χ2v) is 10.9. The van der Waals surface area contributed by atoms with E-state index in [1.807, 2.05) is 4.90 Å². The molecule has 2 fully saturated rings. The molecule has 2 aromatic carbocycles. The Balaban J connectivity index is 1.24. The van der Waals surface area contributed by atoms with Crippen molar-refractivity contribution in [1.82, 2.24) is 9.88 Å². The fraction of sp³-hybridized carbons (Fsp3) is 0.360. The van der Waals surface area contributed by atoms with E-state index in [1.54, 1.807) is 18.3 Å². The second kappa shape index (κ2) is 8.87. The number of nitrogens with zero attached hydrogens (tertiary/aromatic N) is 2. The first-order valence-corrected chi connectivity index (χ1v) is 12.9. The number of hydrogen-bond acceptors (Lipinski definition) is 7. The SMILES string of the molecule is O=C(Nc1ncc([C@H](c2ccc(F)cc2Cl)N2CC[C@@H](O)C2)s1)C1(c2ccc3c(c2)OC(F)(F)O3)CC1. The van der Waals surface area contributed by atoms with Crippen LogP contribution in [0.3, 0.4) is 0 Å². The highest BCUT2D eigenvalue weighted by Gasteiger charge is 2.53. The van der Waals surface area contributed by atoms with Crippen LogP contribution < -0.4 is 14.8 Å². The number of rotatable bonds is 6. The van der Waals surface area contributed by atoms with E-state index in [9.17, 15) is 23.1 Å². The Hall–Kier alpha value is -2.86. The van der Waals surface area contributed by atoms with Crippen molar-refractivity contribution in [3.05, 3.63) is 69.4 Å². The third-order valence-electron chi connectivity index (χ3n) is 6.97. The largest absolute Gasteiger partial charge is 0.586 e. The topological polar surface area (TPSA) is 83.9 Å². The molecule has 7 nitrogen and oxygen atoms in total. The molecule has 0 spiro atoms. The fourth-order valence-corrected chi connectivity index (χ4v) is 6.20. The molecule has 2 N–H and O–H groups in total. The molecule has 6 rings (SSSR count). The van der Waals surface area contributed by atoms with Gasteiger partial charge in [-0.2, -0.15) is 0 Å². The van der Waals surface area contributed by atoms with Crippen molar-refractivity contribution in [2.24, 2.45) is 0 Å². The van der Waals surface area contributed by atoms with E-state index in [2.05, 4.69) is 19.8 Å². The number of aromatic nitrogens is 1. The van der Waals surface area contributed by atoms with Crippen molar-refractivity contribution in [3.8, 4) is 11.5 Å². The van der Waals surface area contributed by atoms with E-state index in [0.717, 1.165) is 4.88 Å². The summed E-state index contributed by atoms with van der Waals surface area (Å²) < 4.78 is 49.6. The Morgan fingerprint density at radius 2 is 2.00 bits per heavy atom. The number of likely N-dealkylation sites (tertiary alicyclic amines) is 1. The van der Waals surface area contributed by atoms with Gasteiger partial charge >= 0.3 is 6.29 Å². The average molecular weight is 552 g/mol. The van der Waals surface area contributed by atoms with E-state index in [1.165, 1.54) is 35.6 Å². The van der Waals surface area contributed by atoms with Gasteiger partial charge in [-0.05, 0) is 54.7 Å². The van der Waals surface area contributed by atoms with Crippen LogP contribution in [0.5, 0.6) is 11.5 Å².